The molecule has 5 nitrogen and oxygen atoms in total. The second-order valence-corrected chi connectivity index (χ2v) is 5.85. The van der Waals surface area contributed by atoms with Gasteiger partial charge in [0.15, 0.2) is 0 Å². The van der Waals surface area contributed by atoms with Gasteiger partial charge in [0.1, 0.15) is 11.3 Å². The summed E-state index contributed by atoms with van der Waals surface area (Å²) in [6, 6.07) is 7.31. The molecule has 1 aliphatic rings. The number of anilines is 1. The zero-order valence-corrected chi connectivity index (χ0v) is 12.8. The predicted molar refractivity (Wildman–Crippen MR) is 80.8 cm³/mol. The van der Waals surface area contributed by atoms with Crippen molar-refractivity contribution in [2.45, 2.75) is 38.3 Å². The Morgan fingerprint density at radius 1 is 1.43 bits per heavy atom. The van der Waals surface area contributed by atoms with Crippen LogP contribution in [0.1, 0.15) is 26.7 Å². The van der Waals surface area contributed by atoms with Crippen LogP contribution in [0.15, 0.2) is 24.3 Å². The number of carbonyl (C=O) groups is 1. The summed E-state index contributed by atoms with van der Waals surface area (Å²) in [5, 5.41) is 12.9. The van der Waals surface area contributed by atoms with Crippen LogP contribution < -0.4 is 10.1 Å². The molecule has 1 aromatic carbocycles. The van der Waals surface area contributed by atoms with Crippen molar-refractivity contribution in [3.8, 4) is 5.75 Å². The smallest absolute Gasteiger partial charge is 0.329 e. The van der Waals surface area contributed by atoms with Crippen LogP contribution in [0, 0.1) is 5.92 Å². The minimum atomic E-state index is -0.970. The van der Waals surface area contributed by atoms with Crippen LogP contribution >= 0.6 is 0 Å². The number of nitrogens with one attached hydrogen (secondary N) is 1. The zero-order valence-electron chi connectivity index (χ0n) is 12.8. The van der Waals surface area contributed by atoms with E-state index in [1.165, 1.54) is 0 Å². The van der Waals surface area contributed by atoms with Crippen LogP contribution in [0.3, 0.4) is 0 Å². The standard InChI is InChI=1S/C16H23NO4/c1-11(2)14-10-16(15(18)19,8-9-21-14)17-12-4-6-13(20-3)7-5-12/h4-7,11,14,17H,8-10H2,1-3H3,(H,18,19). The van der Waals surface area contributed by atoms with Gasteiger partial charge in [-0.15, -0.1) is 0 Å². The Bertz CT molecular complexity index is 486. The second kappa shape index (κ2) is 6.35. The van der Waals surface area contributed by atoms with Crippen LogP contribution in [0.25, 0.3) is 0 Å². The Labute approximate surface area is 125 Å². The normalized spacial score (nSPS) is 25.6. The maximum atomic E-state index is 11.8. The summed E-state index contributed by atoms with van der Waals surface area (Å²) in [4.78, 5) is 11.8. The van der Waals surface area contributed by atoms with Crippen molar-refractivity contribution >= 4 is 11.7 Å². The topological polar surface area (TPSA) is 67.8 Å². The van der Waals surface area contributed by atoms with Crippen molar-refractivity contribution in [2.24, 2.45) is 5.92 Å². The molecule has 5 heteroatoms. The maximum Gasteiger partial charge on any atom is 0.329 e. The number of ether oxygens (including phenoxy) is 2. The number of aliphatic carboxylic acids is 1. The van der Waals surface area contributed by atoms with E-state index >= 15 is 0 Å². The SMILES string of the molecule is COc1ccc(NC2(C(=O)O)CCOC(C(C)C)C2)cc1. The van der Waals surface area contributed by atoms with E-state index in [4.69, 9.17) is 9.47 Å². The molecule has 21 heavy (non-hydrogen) atoms. The van der Waals surface area contributed by atoms with Gasteiger partial charge in [0.05, 0.1) is 13.2 Å². The van der Waals surface area contributed by atoms with Crippen molar-refractivity contribution in [3.05, 3.63) is 24.3 Å². The lowest BCUT2D eigenvalue weighted by molar-refractivity contribution is -0.149. The Balaban J connectivity index is 2.19. The number of methoxy groups -OCH3 is 1. The Hall–Kier alpha value is -1.75. The first-order chi connectivity index (χ1) is 9.97. The third kappa shape index (κ3) is 3.47. The largest absolute Gasteiger partial charge is 0.497 e. The van der Waals surface area contributed by atoms with E-state index in [9.17, 15) is 9.90 Å². The summed E-state index contributed by atoms with van der Waals surface area (Å²) >= 11 is 0. The van der Waals surface area contributed by atoms with Gasteiger partial charge in [0.25, 0.3) is 0 Å². The van der Waals surface area contributed by atoms with Crippen LogP contribution in [-0.2, 0) is 9.53 Å². The Morgan fingerprint density at radius 3 is 2.62 bits per heavy atom. The minimum Gasteiger partial charge on any atom is -0.497 e. The number of benzene rings is 1. The second-order valence-electron chi connectivity index (χ2n) is 5.85. The van der Waals surface area contributed by atoms with Gasteiger partial charge in [-0.25, -0.2) is 4.79 Å². The lowest BCUT2D eigenvalue weighted by atomic mass is 9.83. The molecule has 1 aromatic rings. The average molecular weight is 293 g/mol. The molecule has 2 atom stereocenters. The summed E-state index contributed by atoms with van der Waals surface area (Å²) in [6.45, 7) is 4.56. The molecule has 1 saturated heterocycles. The van der Waals surface area contributed by atoms with Gasteiger partial charge in [0.2, 0.25) is 0 Å². The van der Waals surface area contributed by atoms with Crippen molar-refractivity contribution in [1.29, 1.82) is 0 Å². The number of hydrogen-bond acceptors (Lipinski definition) is 4. The van der Waals surface area contributed by atoms with E-state index in [-0.39, 0.29) is 6.10 Å². The fraction of sp³-hybridized carbons (Fsp3) is 0.562. The molecule has 0 amide bonds. The number of carboxylic acids is 1. The van der Waals surface area contributed by atoms with Gasteiger partial charge in [-0.05, 0) is 30.2 Å². The Kier molecular flexibility index (Phi) is 4.73. The van der Waals surface area contributed by atoms with E-state index in [1.54, 1.807) is 7.11 Å². The molecule has 1 aliphatic heterocycles. The first-order valence-electron chi connectivity index (χ1n) is 7.24. The van der Waals surface area contributed by atoms with Gasteiger partial charge in [-0.3, -0.25) is 0 Å². The summed E-state index contributed by atoms with van der Waals surface area (Å²) in [5.74, 6) is 0.214. The van der Waals surface area contributed by atoms with Crippen LogP contribution in [0.2, 0.25) is 0 Å². The third-order valence-corrected chi connectivity index (χ3v) is 4.04. The predicted octanol–water partition coefficient (Wildman–Crippen LogP) is 2.77. The molecular formula is C16H23NO4. The molecule has 0 aliphatic carbocycles. The molecule has 2 rings (SSSR count). The van der Waals surface area contributed by atoms with Crippen molar-refractivity contribution < 1.29 is 19.4 Å². The molecule has 1 heterocycles. The highest BCUT2D eigenvalue weighted by atomic mass is 16.5. The third-order valence-electron chi connectivity index (χ3n) is 4.04. The summed E-state index contributed by atoms with van der Waals surface area (Å²) < 4.78 is 10.8. The molecule has 2 unspecified atom stereocenters. The first kappa shape index (κ1) is 15.6. The van der Waals surface area contributed by atoms with Gasteiger partial charge in [-0.1, -0.05) is 13.8 Å². The van der Waals surface area contributed by atoms with Gasteiger partial charge in [0, 0.05) is 25.1 Å². The molecule has 0 aromatic heterocycles. The molecule has 1 fully saturated rings. The fourth-order valence-corrected chi connectivity index (χ4v) is 2.63. The quantitative estimate of drug-likeness (QED) is 0.873. The molecule has 2 N–H and O–H groups in total. The van der Waals surface area contributed by atoms with Gasteiger partial charge < -0.3 is 19.9 Å². The van der Waals surface area contributed by atoms with Crippen LogP contribution in [0.5, 0.6) is 5.75 Å². The van der Waals surface area contributed by atoms with E-state index in [1.807, 2.05) is 24.3 Å². The van der Waals surface area contributed by atoms with Crippen molar-refractivity contribution in [1.82, 2.24) is 0 Å². The van der Waals surface area contributed by atoms with Gasteiger partial charge in [-0.2, -0.15) is 0 Å². The molecular weight excluding hydrogens is 270 g/mol. The molecule has 0 radical (unpaired) electrons. The molecule has 0 spiro atoms. The van der Waals surface area contributed by atoms with Crippen LogP contribution in [0.4, 0.5) is 5.69 Å². The van der Waals surface area contributed by atoms with Crippen molar-refractivity contribution in [2.75, 3.05) is 19.0 Å². The molecule has 116 valence electrons. The summed E-state index contributed by atoms with van der Waals surface area (Å²) in [6.07, 6.45) is 0.879. The highest BCUT2D eigenvalue weighted by molar-refractivity contribution is 5.83. The van der Waals surface area contributed by atoms with Crippen molar-refractivity contribution in [3.63, 3.8) is 0 Å². The van der Waals surface area contributed by atoms with E-state index in [0.717, 1.165) is 11.4 Å². The monoisotopic (exact) mass is 293 g/mol. The zero-order chi connectivity index (χ0) is 15.5. The highest BCUT2D eigenvalue weighted by Crippen LogP contribution is 2.32. The minimum absolute atomic E-state index is 0.0411. The lowest BCUT2D eigenvalue weighted by Crippen LogP contribution is -2.53. The maximum absolute atomic E-state index is 11.8. The fourth-order valence-electron chi connectivity index (χ4n) is 2.63. The molecule has 0 bridgehead atoms. The van der Waals surface area contributed by atoms with Gasteiger partial charge >= 0.3 is 5.97 Å². The molecule has 0 saturated carbocycles. The number of carboxylic acid groups (broad SMARTS) is 1. The summed E-state index contributed by atoms with van der Waals surface area (Å²) in [5.41, 5.74) is -0.190. The van der Waals surface area contributed by atoms with E-state index < -0.39 is 11.5 Å². The number of rotatable bonds is 5. The summed E-state index contributed by atoms with van der Waals surface area (Å²) in [7, 11) is 1.60. The average Bonchev–Trinajstić information content (AvgIpc) is 2.48. The van der Waals surface area contributed by atoms with E-state index in [2.05, 4.69) is 19.2 Å². The number of hydrogen-bond donors (Lipinski definition) is 2. The lowest BCUT2D eigenvalue weighted by Gasteiger charge is -2.40. The first-order valence-corrected chi connectivity index (χ1v) is 7.24. The van der Waals surface area contributed by atoms with E-state index in [0.29, 0.717) is 25.4 Å². The highest BCUT2D eigenvalue weighted by Gasteiger charge is 2.44. The Morgan fingerprint density at radius 2 is 2.10 bits per heavy atom. The van der Waals surface area contributed by atoms with Crippen LogP contribution in [-0.4, -0.2) is 36.4 Å².